The average molecular weight is 272 g/mol. The highest BCUT2D eigenvalue weighted by atomic mass is 19.4. The monoisotopic (exact) mass is 272 g/mol. The summed E-state index contributed by atoms with van der Waals surface area (Å²) in [6, 6.07) is 3.67. The molecule has 0 fully saturated rings. The molecule has 0 atom stereocenters. The van der Waals surface area contributed by atoms with Crippen molar-refractivity contribution in [2.45, 2.75) is 12.6 Å². The van der Waals surface area contributed by atoms with Crippen molar-refractivity contribution in [2.24, 2.45) is 0 Å². The molecular weight excluding hydrogens is 265 g/mol. The molecule has 100 valence electrons. The van der Waals surface area contributed by atoms with Gasteiger partial charge in [-0.2, -0.15) is 18.4 Å². The van der Waals surface area contributed by atoms with Gasteiger partial charge in [0.15, 0.2) is 0 Å². The number of rotatable bonds is 3. The largest absolute Gasteiger partial charge is 0.478 e. The van der Waals surface area contributed by atoms with Gasteiger partial charge in [-0.1, -0.05) is 0 Å². The van der Waals surface area contributed by atoms with Crippen molar-refractivity contribution in [1.29, 1.82) is 5.26 Å². The van der Waals surface area contributed by atoms with Crippen LogP contribution < -0.4 is 5.32 Å². The smallest absolute Gasteiger partial charge is 0.418 e. The molecule has 0 unspecified atom stereocenters. The Kier molecular flexibility index (Phi) is 4.11. The summed E-state index contributed by atoms with van der Waals surface area (Å²) in [5.41, 5.74) is -2.41. The van der Waals surface area contributed by atoms with Crippen LogP contribution in [-0.2, 0) is 11.0 Å². The van der Waals surface area contributed by atoms with Crippen molar-refractivity contribution in [3.63, 3.8) is 0 Å². The maximum Gasteiger partial charge on any atom is 0.418 e. The molecule has 19 heavy (non-hydrogen) atoms. The van der Waals surface area contributed by atoms with E-state index in [0.717, 1.165) is 12.1 Å². The Morgan fingerprint density at radius 1 is 1.37 bits per heavy atom. The van der Waals surface area contributed by atoms with Gasteiger partial charge < -0.3 is 10.4 Å². The van der Waals surface area contributed by atoms with Crippen LogP contribution in [0, 0.1) is 11.3 Å². The van der Waals surface area contributed by atoms with Crippen LogP contribution in [0.3, 0.4) is 0 Å². The lowest BCUT2D eigenvalue weighted by molar-refractivity contribution is -0.137. The molecule has 1 aromatic rings. The van der Waals surface area contributed by atoms with Crippen LogP contribution in [0.4, 0.5) is 18.9 Å². The number of anilines is 1. The van der Waals surface area contributed by atoms with E-state index in [0.29, 0.717) is 6.07 Å². The Morgan fingerprint density at radius 3 is 2.47 bits per heavy atom. The lowest BCUT2D eigenvalue weighted by atomic mass is 10.1. The molecule has 0 spiro atoms. The second-order valence-electron chi connectivity index (χ2n) is 3.45. The van der Waals surface area contributed by atoms with Gasteiger partial charge in [0, 0.05) is 0 Å². The van der Waals surface area contributed by atoms with E-state index in [2.05, 4.69) is 0 Å². The number of aromatic carboxylic acids is 1. The van der Waals surface area contributed by atoms with Crippen LogP contribution in [0.1, 0.15) is 22.3 Å². The van der Waals surface area contributed by atoms with Crippen LogP contribution in [0.15, 0.2) is 18.2 Å². The molecule has 2 N–H and O–H groups in total. The lowest BCUT2D eigenvalue weighted by Crippen LogP contribution is -2.16. The first-order valence-electron chi connectivity index (χ1n) is 4.87. The van der Waals surface area contributed by atoms with Gasteiger partial charge in [0.2, 0.25) is 5.91 Å². The number of nitrogens with zero attached hydrogens (tertiary/aromatic N) is 1. The second-order valence-corrected chi connectivity index (χ2v) is 3.45. The number of carbonyl (C=O) groups excluding carboxylic acids is 1. The molecule has 0 saturated carbocycles. The zero-order valence-electron chi connectivity index (χ0n) is 9.28. The number of nitriles is 1. The highest BCUT2D eigenvalue weighted by molar-refractivity contribution is 5.94. The number of amides is 1. The van der Waals surface area contributed by atoms with Crippen molar-refractivity contribution in [2.75, 3.05) is 5.32 Å². The summed E-state index contributed by atoms with van der Waals surface area (Å²) >= 11 is 0. The topological polar surface area (TPSA) is 90.2 Å². The minimum atomic E-state index is -4.82. The molecule has 5 nitrogen and oxygen atoms in total. The minimum Gasteiger partial charge on any atom is -0.478 e. The van der Waals surface area contributed by atoms with Gasteiger partial charge in [0.05, 0.1) is 22.9 Å². The number of halogens is 3. The van der Waals surface area contributed by atoms with Crippen LogP contribution in [-0.4, -0.2) is 17.0 Å². The Bertz CT molecular complexity index is 561. The van der Waals surface area contributed by atoms with Gasteiger partial charge in [-0.25, -0.2) is 4.79 Å². The fraction of sp³-hybridized carbons (Fsp3) is 0.182. The van der Waals surface area contributed by atoms with E-state index in [1.54, 1.807) is 0 Å². The molecule has 1 rings (SSSR count). The summed E-state index contributed by atoms with van der Waals surface area (Å²) in [6.45, 7) is 0. The molecule has 0 bridgehead atoms. The fourth-order valence-corrected chi connectivity index (χ4v) is 1.29. The number of alkyl halides is 3. The highest BCUT2D eigenvalue weighted by Gasteiger charge is 2.34. The maximum absolute atomic E-state index is 12.7. The summed E-state index contributed by atoms with van der Waals surface area (Å²) in [5.74, 6) is -2.42. The molecule has 0 aromatic heterocycles. The van der Waals surface area contributed by atoms with Crippen molar-refractivity contribution in [3.05, 3.63) is 29.3 Å². The predicted molar refractivity (Wildman–Crippen MR) is 57.3 cm³/mol. The van der Waals surface area contributed by atoms with Gasteiger partial charge >= 0.3 is 12.1 Å². The number of hydrogen-bond donors (Lipinski definition) is 2. The summed E-state index contributed by atoms with van der Waals surface area (Å²) in [5, 5.41) is 18.8. The van der Waals surface area contributed by atoms with Crippen LogP contribution in [0.25, 0.3) is 0 Å². The number of carbonyl (C=O) groups is 2. The minimum absolute atomic E-state index is 0.421. The average Bonchev–Trinajstić information content (AvgIpc) is 2.27. The standard InChI is InChI=1S/C11H7F3N2O3/c12-11(13,14)7-5-6(10(18)19)1-2-8(7)16-9(17)3-4-15/h1-2,5H,3H2,(H,16,17)(H,18,19). The molecule has 0 saturated heterocycles. The molecular formula is C11H7F3N2O3. The molecule has 1 amide bonds. The normalized spacial score (nSPS) is 10.6. The highest BCUT2D eigenvalue weighted by Crippen LogP contribution is 2.35. The Hall–Kier alpha value is -2.56. The molecule has 0 aliphatic rings. The van der Waals surface area contributed by atoms with Crippen molar-refractivity contribution in [3.8, 4) is 6.07 Å². The zero-order valence-corrected chi connectivity index (χ0v) is 9.28. The predicted octanol–water partition coefficient (Wildman–Crippen LogP) is 2.26. The Morgan fingerprint density at radius 2 is 2.00 bits per heavy atom. The Balaban J connectivity index is 3.21. The number of benzene rings is 1. The fourth-order valence-electron chi connectivity index (χ4n) is 1.29. The van der Waals surface area contributed by atoms with Gasteiger partial charge in [0.25, 0.3) is 0 Å². The van der Waals surface area contributed by atoms with E-state index >= 15 is 0 Å². The van der Waals surface area contributed by atoms with Crippen molar-refractivity contribution < 1.29 is 27.9 Å². The second kappa shape index (κ2) is 5.39. The SMILES string of the molecule is N#CCC(=O)Nc1ccc(C(=O)O)cc1C(F)(F)F. The Labute approximate surface area is 105 Å². The number of nitrogens with one attached hydrogen (secondary N) is 1. The van der Waals surface area contributed by atoms with E-state index in [4.69, 9.17) is 10.4 Å². The molecule has 1 aromatic carbocycles. The van der Waals surface area contributed by atoms with E-state index in [1.165, 1.54) is 6.07 Å². The summed E-state index contributed by atoms with van der Waals surface area (Å²) in [7, 11) is 0. The third-order valence-electron chi connectivity index (χ3n) is 2.09. The molecule has 0 heterocycles. The van der Waals surface area contributed by atoms with Gasteiger partial charge in [-0.3, -0.25) is 4.79 Å². The maximum atomic E-state index is 12.7. The van der Waals surface area contributed by atoms with Crippen LogP contribution in [0.5, 0.6) is 0 Å². The molecule has 0 radical (unpaired) electrons. The first-order chi connectivity index (χ1) is 8.75. The van der Waals surface area contributed by atoms with E-state index in [9.17, 15) is 22.8 Å². The molecule has 0 aliphatic carbocycles. The van der Waals surface area contributed by atoms with E-state index in [-0.39, 0.29) is 0 Å². The number of carboxylic acids is 1. The first kappa shape index (κ1) is 14.5. The van der Waals surface area contributed by atoms with Gasteiger partial charge in [-0.05, 0) is 18.2 Å². The lowest BCUT2D eigenvalue weighted by Gasteiger charge is -2.13. The van der Waals surface area contributed by atoms with Crippen molar-refractivity contribution >= 4 is 17.6 Å². The number of carboxylic acid groups (broad SMARTS) is 1. The third-order valence-corrected chi connectivity index (χ3v) is 2.09. The van der Waals surface area contributed by atoms with Gasteiger partial charge in [0.1, 0.15) is 6.42 Å². The molecule has 8 heteroatoms. The summed E-state index contributed by atoms with van der Waals surface area (Å²) < 4.78 is 38.2. The van der Waals surface area contributed by atoms with E-state index in [1.807, 2.05) is 5.32 Å². The van der Waals surface area contributed by atoms with Gasteiger partial charge in [-0.15, -0.1) is 0 Å². The molecule has 0 aliphatic heterocycles. The van der Waals surface area contributed by atoms with Crippen molar-refractivity contribution in [1.82, 2.24) is 0 Å². The van der Waals surface area contributed by atoms with Crippen LogP contribution >= 0.6 is 0 Å². The first-order valence-corrected chi connectivity index (χ1v) is 4.87. The summed E-state index contributed by atoms with van der Waals surface area (Å²) in [4.78, 5) is 21.7. The van der Waals surface area contributed by atoms with Crippen LogP contribution in [0.2, 0.25) is 0 Å². The summed E-state index contributed by atoms with van der Waals surface area (Å²) in [6.07, 6.45) is -5.42. The number of hydrogen-bond acceptors (Lipinski definition) is 3. The quantitative estimate of drug-likeness (QED) is 0.883. The zero-order chi connectivity index (χ0) is 14.6. The third kappa shape index (κ3) is 3.70. The van der Waals surface area contributed by atoms with E-state index < -0.39 is 41.3 Å².